The molecule has 0 fully saturated rings. The van der Waals surface area contributed by atoms with Crippen LogP contribution in [0.15, 0.2) is 24.3 Å². The molecule has 0 saturated carbocycles. The Morgan fingerprint density at radius 1 is 0.929 bits per heavy atom. The van der Waals surface area contributed by atoms with Gasteiger partial charge in [0.15, 0.2) is 0 Å². The number of aromatic hydroxyl groups is 2. The Hall–Kier alpha value is -1.26. The largest absolute Gasteiger partial charge is 0.508 e. The molecule has 4 nitrogen and oxygen atoms in total. The van der Waals surface area contributed by atoms with Crippen molar-refractivity contribution in [3.8, 4) is 11.5 Å². The Kier molecular flexibility index (Phi) is 12.8. The summed E-state index contributed by atoms with van der Waals surface area (Å²) in [7, 11) is 0. The van der Waals surface area contributed by atoms with Crippen molar-refractivity contribution in [2.24, 2.45) is 0 Å². The molecule has 0 aromatic heterocycles. The van der Waals surface area contributed by atoms with Crippen molar-refractivity contribution in [2.75, 3.05) is 13.2 Å². The molecule has 82 valence electrons. The van der Waals surface area contributed by atoms with Gasteiger partial charge in [-0.05, 0) is 26.0 Å². The minimum Gasteiger partial charge on any atom is -0.508 e. The van der Waals surface area contributed by atoms with Gasteiger partial charge >= 0.3 is 0 Å². The fourth-order valence-electron chi connectivity index (χ4n) is 0.493. The van der Waals surface area contributed by atoms with Crippen LogP contribution in [0.25, 0.3) is 0 Å². The summed E-state index contributed by atoms with van der Waals surface area (Å²) in [6, 6.07) is 5.85. The molecular weight excluding hydrogens is 184 g/mol. The van der Waals surface area contributed by atoms with E-state index in [0.717, 1.165) is 0 Å². The third-order valence-electron chi connectivity index (χ3n) is 0.830. The number of phenols is 2. The van der Waals surface area contributed by atoms with Crippen LogP contribution in [0.3, 0.4) is 0 Å². The summed E-state index contributed by atoms with van der Waals surface area (Å²) in [5.41, 5.74) is 0. The molecule has 4 N–H and O–H groups in total. The lowest BCUT2D eigenvalue weighted by atomic mass is 10.3. The standard InChI is InChI=1S/C6H6O2.2C2H6O/c7-5-2-1-3-6(8)4-5;2*1-2-3/h1-4,7-8H;2*3H,2H2,1H3. The maximum Gasteiger partial charge on any atom is 0.119 e. The highest BCUT2D eigenvalue weighted by Gasteiger charge is 1.85. The van der Waals surface area contributed by atoms with Crippen molar-refractivity contribution in [3.63, 3.8) is 0 Å². The Labute approximate surface area is 84.1 Å². The zero-order valence-electron chi connectivity index (χ0n) is 8.51. The highest BCUT2D eigenvalue weighted by Crippen LogP contribution is 2.14. The quantitative estimate of drug-likeness (QED) is 0.507. The first-order valence-corrected chi connectivity index (χ1v) is 4.32. The van der Waals surface area contributed by atoms with E-state index in [1.165, 1.54) is 18.2 Å². The first kappa shape index (κ1) is 15.2. The molecule has 0 amide bonds. The predicted octanol–water partition coefficient (Wildman–Crippen LogP) is 1.09. The molecule has 0 spiro atoms. The molecule has 0 heterocycles. The summed E-state index contributed by atoms with van der Waals surface area (Å²) < 4.78 is 0. The first-order chi connectivity index (χ1) is 6.62. The molecule has 0 aliphatic rings. The molecule has 1 rings (SSSR count). The maximum atomic E-state index is 8.65. The van der Waals surface area contributed by atoms with Crippen molar-refractivity contribution in [3.05, 3.63) is 24.3 Å². The van der Waals surface area contributed by atoms with Crippen LogP contribution in [0, 0.1) is 0 Å². The van der Waals surface area contributed by atoms with Gasteiger partial charge in [-0.1, -0.05) is 6.07 Å². The van der Waals surface area contributed by atoms with Gasteiger partial charge in [0.05, 0.1) is 0 Å². The SMILES string of the molecule is CCO.CCO.Oc1cccc(O)c1. The number of aliphatic hydroxyl groups excluding tert-OH is 2. The number of benzene rings is 1. The monoisotopic (exact) mass is 202 g/mol. The predicted molar refractivity (Wildman–Crippen MR) is 55.3 cm³/mol. The fraction of sp³-hybridized carbons (Fsp3) is 0.400. The molecular formula is C10H18O4. The average Bonchev–Trinajstić information content (AvgIpc) is 2.06. The van der Waals surface area contributed by atoms with Crippen molar-refractivity contribution < 1.29 is 20.4 Å². The summed E-state index contributed by atoms with van der Waals surface area (Å²) >= 11 is 0. The smallest absolute Gasteiger partial charge is 0.119 e. The Morgan fingerprint density at radius 2 is 1.21 bits per heavy atom. The lowest BCUT2D eigenvalue weighted by Crippen LogP contribution is -1.61. The van der Waals surface area contributed by atoms with Crippen LogP contribution < -0.4 is 0 Å². The molecule has 14 heavy (non-hydrogen) atoms. The van der Waals surface area contributed by atoms with Gasteiger partial charge in [0.1, 0.15) is 11.5 Å². The molecule has 1 aromatic carbocycles. The number of phenolic OH excluding ortho intramolecular Hbond substituents is 2. The van der Waals surface area contributed by atoms with E-state index in [0.29, 0.717) is 0 Å². The fourth-order valence-corrected chi connectivity index (χ4v) is 0.493. The molecule has 0 atom stereocenters. The number of hydrogen-bond donors (Lipinski definition) is 4. The van der Waals surface area contributed by atoms with E-state index in [1.807, 2.05) is 0 Å². The highest BCUT2D eigenvalue weighted by molar-refractivity contribution is 5.30. The van der Waals surface area contributed by atoms with Gasteiger partial charge in [-0.15, -0.1) is 0 Å². The second kappa shape index (κ2) is 11.7. The van der Waals surface area contributed by atoms with Gasteiger partial charge in [0.2, 0.25) is 0 Å². The van der Waals surface area contributed by atoms with E-state index in [4.69, 9.17) is 20.4 Å². The van der Waals surface area contributed by atoms with Crippen molar-refractivity contribution in [1.29, 1.82) is 0 Å². The Bertz CT molecular complexity index is 194. The van der Waals surface area contributed by atoms with Crippen LogP contribution in [0.5, 0.6) is 11.5 Å². The van der Waals surface area contributed by atoms with E-state index in [9.17, 15) is 0 Å². The topological polar surface area (TPSA) is 80.9 Å². The van der Waals surface area contributed by atoms with Crippen LogP contribution in [0.4, 0.5) is 0 Å². The summed E-state index contributed by atoms with van der Waals surface area (Å²) in [5.74, 6) is 0.176. The molecule has 0 saturated heterocycles. The second-order valence-electron chi connectivity index (χ2n) is 2.15. The van der Waals surface area contributed by atoms with Gasteiger partial charge in [-0.25, -0.2) is 0 Å². The zero-order chi connectivity index (χ0) is 11.4. The molecule has 0 bridgehead atoms. The molecule has 4 heteroatoms. The lowest BCUT2D eigenvalue weighted by molar-refractivity contribution is 0.318. The maximum absolute atomic E-state index is 8.65. The van der Waals surface area contributed by atoms with Gasteiger partial charge in [-0.3, -0.25) is 0 Å². The summed E-state index contributed by atoms with van der Waals surface area (Å²) in [5, 5.41) is 32.4. The van der Waals surface area contributed by atoms with E-state index >= 15 is 0 Å². The molecule has 0 aliphatic heterocycles. The average molecular weight is 202 g/mol. The van der Waals surface area contributed by atoms with Gasteiger partial charge in [0.25, 0.3) is 0 Å². The van der Waals surface area contributed by atoms with Crippen molar-refractivity contribution in [1.82, 2.24) is 0 Å². The van der Waals surface area contributed by atoms with Crippen LogP contribution in [-0.4, -0.2) is 33.6 Å². The Morgan fingerprint density at radius 3 is 1.36 bits per heavy atom. The van der Waals surface area contributed by atoms with Gasteiger partial charge < -0.3 is 20.4 Å². The van der Waals surface area contributed by atoms with E-state index in [1.54, 1.807) is 19.9 Å². The van der Waals surface area contributed by atoms with Crippen LogP contribution in [-0.2, 0) is 0 Å². The van der Waals surface area contributed by atoms with Gasteiger partial charge in [0, 0.05) is 19.3 Å². The summed E-state index contributed by atoms with van der Waals surface area (Å²) in [6.07, 6.45) is 0. The van der Waals surface area contributed by atoms with E-state index in [-0.39, 0.29) is 24.7 Å². The Balaban J connectivity index is 0. The third kappa shape index (κ3) is 13.3. The first-order valence-electron chi connectivity index (χ1n) is 4.32. The van der Waals surface area contributed by atoms with E-state index < -0.39 is 0 Å². The van der Waals surface area contributed by atoms with E-state index in [2.05, 4.69) is 0 Å². The van der Waals surface area contributed by atoms with Crippen LogP contribution >= 0.6 is 0 Å². The number of aliphatic hydroxyl groups is 2. The minimum absolute atomic E-state index is 0.0880. The second-order valence-corrected chi connectivity index (χ2v) is 2.15. The summed E-state index contributed by atoms with van der Waals surface area (Å²) in [6.45, 7) is 3.86. The highest BCUT2D eigenvalue weighted by atomic mass is 16.3. The molecule has 1 aromatic rings. The number of hydrogen-bond acceptors (Lipinski definition) is 4. The van der Waals surface area contributed by atoms with Crippen LogP contribution in [0.2, 0.25) is 0 Å². The molecule has 0 aliphatic carbocycles. The number of rotatable bonds is 0. The summed E-state index contributed by atoms with van der Waals surface area (Å²) in [4.78, 5) is 0. The van der Waals surface area contributed by atoms with Crippen LogP contribution in [0.1, 0.15) is 13.8 Å². The van der Waals surface area contributed by atoms with Gasteiger partial charge in [-0.2, -0.15) is 0 Å². The minimum atomic E-state index is 0.0880. The molecule has 0 radical (unpaired) electrons. The molecule has 0 unspecified atom stereocenters. The normalized spacial score (nSPS) is 7.71. The lowest BCUT2D eigenvalue weighted by Gasteiger charge is -1.89. The van der Waals surface area contributed by atoms with Crippen molar-refractivity contribution in [2.45, 2.75) is 13.8 Å². The zero-order valence-corrected chi connectivity index (χ0v) is 8.51. The third-order valence-corrected chi connectivity index (χ3v) is 0.830. The van der Waals surface area contributed by atoms with Crippen molar-refractivity contribution >= 4 is 0 Å².